The summed E-state index contributed by atoms with van der Waals surface area (Å²) in [5, 5.41) is 0. The van der Waals surface area contributed by atoms with Crippen molar-refractivity contribution in [1.29, 1.82) is 0 Å². The van der Waals surface area contributed by atoms with Gasteiger partial charge in [0.1, 0.15) is 0 Å². The lowest BCUT2D eigenvalue weighted by Gasteiger charge is -2.38. The van der Waals surface area contributed by atoms with E-state index in [9.17, 15) is 22.8 Å². The summed E-state index contributed by atoms with van der Waals surface area (Å²) in [6.45, 7) is 0.609. The quantitative estimate of drug-likeness (QED) is 0.619. The van der Waals surface area contributed by atoms with Gasteiger partial charge in [0, 0.05) is 6.54 Å². The third-order valence-corrected chi connectivity index (χ3v) is 3.85. The van der Waals surface area contributed by atoms with E-state index in [1.807, 2.05) is 37.3 Å². The molecule has 2 atom stereocenters. The lowest BCUT2D eigenvalue weighted by atomic mass is 9.88. The molecule has 1 aromatic rings. The van der Waals surface area contributed by atoms with Crippen molar-refractivity contribution in [3.05, 3.63) is 35.9 Å². The highest BCUT2D eigenvalue weighted by Gasteiger charge is 2.37. The van der Waals surface area contributed by atoms with E-state index in [4.69, 9.17) is 0 Å². The van der Waals surface area contributed by atoms with Crippen LogP contribution in [0.1, 0.15) is 31.4 Å². The number of alkyl halides is 3. The number of nitrogens with zero attached hydrogens (tertiary/aromatic N) is 1. The molecule has 0 saturated carbocycles. The fraction of sp³-hybridized carbons (Fsp3) is 0.500. The average molecular weight is 329 g/mol. The van der Waals surface area contributed by atoms with E-state index in [1.54, 1.807) is 0 Å². The number of carbonyl (C=O) groups is 2. The third kappa shape index (κ3) is 4.71. The summed E-state index contributed by atoms with van der Waals surface area (Å²) < 4.78 is 40.4. The highest BCUT2D eigenvalue weighted by atomic mass is 19.4. The number of esters is 1. The number of hydrogen-bond acceptors (Lipinski definition) is 3. The number of rotatable bonds is 2. The van der Waals surface area contributed by atoms with E-state index in [2.05, 4.69) is 4.74 Å². The second-order valence-electron chi connectivity index (χ2n) is 5.75. The van der Waals surface area contributed by atoms with Crippen molar-refractivity contribution in [1.82, 2.24) is 4.90 Å². The molecule has 1 saturated heterocycles. The van der Waals surface area contributed by atoms with E-state index >= 15 is 0 Å². The van der Waals surface area contributed by atoms with Crippen LogP contribution in [0.3, 0.4) is 0 Å². The number of amides is 1. The molecule has 0 radical (unpaired) electrons. The molecule has 0 bridgehead atoms. The van der Waals surface area contributed by atoms with E-state index < -0.39 is 24.7 Å². The number of piperidine rings is 1. The number of hydrogen-bond donors (Lipinski definition) is 0. The van der Waals surface area contributed by atoms with E-state index in [1.165, 1.54) is 4.90 Å². The van der Waals surface area contributed by atoms with Gasteiger partial charge in [-0.15, -0.1) is 0 Å². The summed E-state index contributed by atoms with van der Waals surface area (Å²) in [4.78, 5) is 25.1. The zero-order chi connectivity index (χ0) is 17.0. The molecule has 0 spiro atoms. The summed E-state index contributed by atoms with van der Waals surface area (Å²) >= 11 is 0. The van der Waals surface area contributed by atoms with Crippen molar-refractivity contribution >= 4 is 11.9 Å². The monoisotopic (exact) mass is 329 g/mol. The topological polar surface area (TPSA) is 46.6 Å². The van der Waals surface area contributed by atoms with Crippen molar-refractivity contribution in [2.75, 3.05) is 13.2 Å². The van der Waals surface area contributed by atoms with Gasteiger partial charge in [-0.1, -0.05) is 37.3 Å². The Bertz CT molecular complexity index is 559. The van der Waals surface area contributed by atoms with E-state index in [0.717, 1.165) is 5.56 Å². The van der Waals surface area contributed by atoms with Gasteiger partial charge in [-0.3, -0.25) is 4.79 Å². The first-order chi connectivity index (χ1) is 10.8. The average Bonchev–Trinajstić information content (AvgIpc) is 2.52. The van der Waals surface area contributed by atoms with Crippen molar-refractivity contribution in [2.45, 2.75) is 32.0 Å². The van der Waals surface area contributed by atoms with Crippen LogP contribution in [0.15, 0.2) is 30.3 Å². The van der Waals surface area contributed by atoms with Crippen LogP contribution in [0.25, 0.3) is 0 Å². The van der Waals surface area contributed by atoms with E-state index in [-0.39, 0.29) is 6.04 Å². The maximum Gasteiger partial charge on any atom is 0.422 e. The summed E-state index contributed by atoms with van der Waals surface area (Å²) in [6, 6.07) is 8.82. The van der Waals surface area contributed by atoms with Crippen LogP contribution in [-0.2, 0) is 14.3 Å². The molecular weight excluding hydrogens is 311 g/mol. The predicted molar refractivity (Wildman–Crippen MR) is 76.3 cm³/mol. The van der Waals surface area contributed by atoms with Crippen LogP contribution in [-0.4, -0.2) is 36.1 Å². The highest BCUT2D eigenvalue weighted by molar-refractivity contribution is 6.32. The number of likely N-dealkylation sites (tertiary alicyclic amines) is 1. The molecule has 1 heterocycles. The molecule has 0 aromatic heterocycles. The summed E-state index contributed by atoms with van der Waals surface area (Å²) in [6.07, 6.45) is -3.30. The number of carbonyl (C=O) groups excluding carboxylic acids is 2. The second-order valence-corrected chi connectivity index (χ2v) is 5.75. The summed E-state index contributed by atoms with van der Waals surface area (Å²) in [7, 11) is 0. The molecule has 0 unspecified atom stereocenters. The smallest absolute Gasteiger partial charge is 0.422 e. The molecule has 1 aromatic carbocycles. The van der Waals surface area contributed by atoms with Gasteiger partial charge in [0.2, 0.25) is 0 Å². The molecule has 4 nitrogen and oxygen atoms in total. The van der Waals surface area contributed by atoms with Crippen molar-refractivity contribution in [3.63, 3.8) is 0 Å². The SMILES string of the molecule is C[C@H]1CCN(C(=O)C(=O)OCC(F)(F)F)[C@@H](c2ccccc2)C1. The molecule has 1 fully saturated rings. The predicted octanol–water partition coefficient (Wildman–Crippen LogP) is 3.09. The van der Waals surface area contributed by atoms with Gasteiger partial charge in [-0.25, -0.2) is 4.79 Å². The van der Waals surface area contributed by atoms with Crippen LogP contribution < -0.4 is 0 Å². The normalized spacial score (nSPS) is 21.8. The standard InChI is InChI=1S/C16H18F3NO3/c1-11-7-8-20(13(9-11)12-5-3-2-4-6-12)14(21)15(22)23-10-16(17,18)19/h2-6,11,13H,7-10H2,1H3/t11-,13+/m0/s1. The molecule has 7 heteroatoms. The maximum atomic E-state index is 12.2. The van der Waals surface area contributed by atoms with Gasteiger partial charge in [0.05, 0.1) is 6.04 Å². The maximum absolute atomic E-state index is 12.2. The van der Waals surface area contributed by atoms with Gasteiger partial charge in [-0.05, 0) is 24.3 Å². The Morgan fingerprint density at radius 3 is 2.52 bits per heavy atom. The molecule has 1 aliphatic rings. The summed E-state index contributed by atoms with van der Waals surface area (Å²) in [5.41, 5.74) is 0.857. The lowest BCUT2D eigenvalue weighted by Crippen LogP contribution is -2.45. The van der Waals surface area contributed by atoms with Gasteiger partial charge < -0.3 is 9.64 Å². The van der Waals surface area contributed by atoms with Crippen molar-refractivity contribution in [3.8, 4) is 0 Å². The van der Waals surface area contributed by atoms with Crippen molar-refractivity contribution in [2.24, 2.45) is 5.92 Å². The minimum absolute atomic E-state index is 0.320. The summed E-state index contributed by atoms with van der Waals surface area (Å²) in [5.74, 6) is -2.12. The fourth-order valence-corrected chi connectivity index (χ4v) is 2.70. The second kappa shape index (κ2) is 7.02. The Balaban J connectivity index is 2.11. The Morgan fingerprint density at radius 2 is 1.91 bits per heavy atom. The minimum atomic E-state index is -4.65. The lowest BCUT2D eigenvalue weighted by molar-refractivity contribution is -0.190. The minimum Gasteiger partial charge on any atom is -0.449 e. The van der Waals surface area contributed by atoms with Crippen LogP contribution in [0.5, 0.6) is 0 Å². The number of ether oxygens (including phenoxy) is 1. The first-order valence-electron chi connectivity index (χ1n) is 7.37. The fourth-order valence-electron chi connectivity index (χ4n) is 2.70. The first-order valence-corrected chi connectivity index (χ1v) is 7.37. The third-order valence-electron chi connectivity index (χ3n) is 3.85. The Morgan fingerprint density at radius 1 is 1.26 bits per heavy atom. The molecule has 1 aliphatic heterocycles. The Kier molecular flexibility index (Phi) is 5.28. The first kappa shape index (κ1) is 17.3. The zero-order valence-electron chi connectivity index (χ0n) is 12.7. The molecule has 2 rings (SSSR count). The molecule has 23 heavy (non-hydrogen) atoms. The number of halogens is 3. The van der Waals surface area contributed by atoms with Gasteiger partial charge in [-0.2, -0.15) is 13.2 Å². The molecule has 126 valence electrons. The van der Waals surface area contributed by atoms with Crippen LogP contribution in [0.4, 0.5) is 13.2 Å². The van der Waals surface area contributed by atoms with Crippen LogP contribution in [0.2, 0.25) is 0 Å². The van der Waals surface area contributed by atoms with Gasteiger partial charge in [0.25, 0.3) is 0 Å². The molecule has 0 aliphatic carbocycles. The van der Waals surface area contributed by atoms with E-state index in [0.29, 0.717) is 25.3 Å². The van der Waals surface area contributed by atoms with Crippen LogP contribution in [0, 0.1) is 5.92 Å². The van der Waals surface area contributed by atoms with Crippen LogP contribution >= 0.6 is 0 Å². The highest BCUT2D eigenvalue weighted by Crippen LogP contribution is 2.34. The molecular formula is C16H18F3NO3. The Labute approximate surface area is 132 Å². The van der Waals surface area contributed by atoms with Crippen molar-refractivity contribution < 1.29 is 27.5 Å². The largest absolute Gasteiger partial charge is 0.449 e. The van der Waals surface area contributed by atoms with Gasteiger partial charge >= 0.3 is 18.1 Å². The Hall–Kier alpha value is -2.05. The van der Waals surface area contributed by atoms with Gasteiger partial charge in [0.15, 0.2) is 6.61 Å². The molecule has 1 amide bonds. The number of benzene rings is 1. The molecule has 0 N–H and O–H groups in total. The zero-order valence-corrected chi connectivity index (χ0v) is 12.7.